The lowest BCUT2D eigenvalue weighted by Crippen LogP contribution is -2.65. The van der Waals surface area contributed by atoms with Gasteiger partial charge in [0.25, 0.3) is 0 Å². The van der Waals surface area contributed by atoms with E-state index < -0.39 is 0 Å². The van der Waals surface area contributed by atoms with Gasteiger partial charge in [-0.05, 0) is 90.3 Å². The summed E-state index contributed by atoms with van der Waals surface area (Å²) in [6.07, 6.45) is 8.75. The van der Waals surface area contributed by atoms with Gasteiger partial charge in [-0.25, -0.2) is 0 Å². The molecule has 0 spiro atoms. The maximum absolute atomic E-state index is 4.30. The zero-order valence-corrected chi connectivity index (χ0v) is 25.6. The fourth-order valence-electron chi connectivity index (χ4n) is 9.83. The van der Waals surface area contributed by atoms with Gasteiger partial charge in [-0.1, -0.05) is 81.7 Å². The van der Waals surface area contributed by atoms with Crippen molar-refractivity contribution in [2.75, 3.05) is 19.6 Å². The van der Waals surface area contributed by atoms with Crippen LogP contribution in [0.15, 0.2) is 12.7 Å². The minimum Gasteiger partial charge on any atom is -0.313 e. The molecule has 0 bridgehead atoms. The summed E-state index contributed by atoms with van der Waals surface area (Å²) in [4.78, 5) is 2.92. The Bertz CT molecular complexity index is 708. The van der Waals surface area contributed by atoms with Gasteiger partial charge in [-0.2, -0.15) is 0 Å². The molecule has 1 saturated heterocycles. The molecule has 2 saturated carbocycles. The van der Waals surface area contributed by atoms with Gasteiger partial charge in [0.05, 0.1) is 0 Å². The van der Waals surface area contributed by atoms with E-state index in [4.69, 9.17) is 0 Å². The third kappa shape index (κ3) is 4.94. The molecule has 0 aromatic rings. The summed E-state index contributed by atoms with van der Waals surface area (Å²) in [5.74, 6) is 5.71. The van der Waals surface area contributed by atoms with Crippen molar-refractivity contribution in [2.24, 2.45) is 57.7 Å². The second kappa shape index (κ2) is 10.8. The van der Waals surface area contributed by atoms with Crippen LogP contribution in [0.5, 0.6) is 0 Å². The highest BCUT2D eigenvalue weighted by atomic mass is 15.2. The molecule has 0 aromatic carbocycles. The van der Waals surface area contributed by atoms with Crippen LogP contribution in [0.3, 0.4) is 0 Å². The summed E-state index contributed by atoms with van der Waals surface area (Å²) in [5, 5.41) is 3.82. The molecular weight excluding hydrogens is 424 g/mol. The van der Waals surface area contributed by atoms with E-state index in [0.717, 1.165) is 54.0 Å². The van der Waals surface area contributed by atoms with Gasteiger partial charge in [0.15, 0.2) is 0 Å². The van der Waals surface area contributed by atoms with Crippen LogP contribution in [0.1, 0.15) is 108 Å². The monoisotopic (exact) mass is 486 g/mol. The molecule has 3 aliphatic rings. The van der Waals surface area contributed by atoms with E-state index in [9.17, 15) is 0 Å². The van der Waals surface area contributed by atoms with Gasteiger partial charge < -0.3 is 5.32 Å². The van der Waals surface area contributed by atoms with Crippen LogP contribution in [-0.4, -0.2) is 36.6 Å². The quantitative estimate of drug-likeness (QED) is 0.330. The van der Waals surface area contributed by atoms with Crippen molar-refractivity contribution in [3.8, 4) is 0 Å². The minimum absolute atomic E-state index is 0.311. The molecule has 2 aliphatic carbocycles. The van der Waals surface area contributed by atoms with Crippen molar-refractivity contribution in [3.05, 3.63) is 12.7 Å². The lowest BCUT2D eigenvalue weighted by molar-refractivity contribution is -0.214. The van der Waals surface area contributed by atoms with E-state index in [-0.39, 0.29) is 0 Å². The summed E-state index contributed by atoms with van der Waals surface area (Å²) in [5.41, 5.74) is 1.06. The largest absolute Gasteiger partial charge is 0.313 e. The molecule has 2 nitrogen and oxygen atoms in total. The average molecular weight is 487 g/mol. The first-order chi connectivity index (χ1) is 16.3. The van der Waals surface area contributed by atoms with Crippen LogP contribution in [-0.2, 0) is 0 Å². The Morgan fingerprint density at radius 3 is 2.29 bits per heavy atom. The Morgan fingerprint density at radius 2 is 1.74 bits per heavy atom. The molecule has 2 heteroatoms. The molecule has 1 aliphatic heterocycles. The van der Waals surface area contributed by atoms with Crippen LogP contribution >= 0.6 is 0 Å². The third-order valence-electron chi connectivity index (χ3n) is 12.4. The molecule has 35 heavy (non-hydrogen) atoms. The van der Waals surface area contributed by atoms with E-state index in [0.29, 0.717) is 22.3 Å². The molecule has 3 fully saturated rings. The highest BCUT2D eigenvalue weighted by molar-refractivity contribution is 5.15. The van der Waals surface area contributed by atoms with Crippen LogP contribution in [0.4, 0.5) is 0 Å². The predicted octanol–water partition coefficient (Wildman–Crippen LogP) is 8.28. The zero-order chi connectivity index (χ0) is 26.3. The highest BCUT2D eigenvalue weighted by Gasteiger charge is 2.65. The van der Waals surface area contributed by atoms with Gasteiger partial charge in [-0.15, -0.1) is 6.58 Å². The number of nitrogens with one attached hydrogen (secondary N) is 1. The summed E-state index contributed by atoms with van der Waals surface area (Å²) >= 11 is 0. The molecule has 11 atom stereocenters. The van der Waals surface area contributed by atoms with Gasteiger partial charge in [0, 0.05) is 31.7 Å². The predicted molar refractivity (Wildman–Crippen MR) is 155 cm³/mol. The number of fused-ring (bicyclic) bond motifs is 1. The van der Waals surface area contributed by atoms with Crippen LogP contribution in [0, 0.1) is 57.7 Å². The first-order valence-corrected chi connectivity index (χ1v) is 15.4. The zero-order valence-electron chi connectivity index (χ0n) is 25.6. The SMILES string of the molecule is C=CCC1(CC(C)CN2CCNC(C)CC3C(C)C(C)C32)C(C)C(CC)C1C(C)(CC)C(C)(C)C. The molecule has 1 N–H and O–H groups in total. The molecule has 0 amide bonds. The van der Waals surface area contributed by atoms with Crippen molar-refractivity contribution in [2.45, 2.75) is 120 Å². The number of rotatable bonds is 9. The highest BCUT2D eigenvalue weighted by Crippen LogP contribution is 2.71. The molecule has 3 rings (SSSR count). The molecule has 0 radical (unpaired) electrons. The van der Waals surface area contributed by atoms with E-state index in [1.807, 2.05) is 0 Å². The molecule has 0 aromatic heterocycles. The minimum atomic E-state index is 0.311. The Labute approximate surface area is 220 Å². The lowest BCUT2D eigenvalue weighted by Gasteiger charge is -2.70. The molecular formula is C33H62N2. The van der Waals surface area contributed by atoms with Crippen molar-refractivity contribution < 1.29 is 0 Å². The first kappa shape index (κ1) is 29.2. The summed E-state index contributed by atoms with van der Waals surface area (Å²) in [6, 6.07) is 1.46. The summed E-state index contributed by atoms with van der Waals surface area (Å²) in [7, 11) is 0. The summed E-state index contributed by atoms with van der Waals surface area (Å²) < 4.78 is 0. The molecule has 1 heterocycles. The van der Waals surface area contributed by atoms with Crippen LogP contribution < -0.4 is 5.32 Å². The number of hydrogen-bond acceptors (Lipinski definition) is 2. The normalized spacial score (nSPS) is 43.1. The van der Waals surface area contributed by atoms with E-state index in [1.165, 1.54) is 45.2 Å². The average Bonchev–Trinajstić information content (AvgIpc) is 2.78. The Balaban J connectivity index is 1.85. The van der Waals surface area contributed by atoms with Gasteiger partial charge in [-0.3, -0.25) is 4.90 Å². The van der Waals surface area contributed by atoms with Crippen LogP contribution in [0.2, 0.25) is 0 Å². The number of nitrogens with zero attached hydrogens (tertiary/aromatic N) is 1. The fourth-order valence-corrected chi connectivity index (χ4v) is 9.83. The standard InChI is InChI=1S/C33H62N2/c1-13-16-33(26(8)27(14-2)30(33)32(12,15-3)31(9,10)11)20-22(4)21-35-18-17-34-23(5)19-28-24(6)25(7)29(28)35/h13,22-30,34H,1,14-21H2,2-12H3. The number of hydrogen-bond donors (Lipinski definition) is 1. The molecule has 204 valence electrons. The van der Waals surface area contributed by atoms with E-state index in [1.54, 1.807) is 0 Å². The Kier molecular flexibility index (Phi) is 9.02. The summed E-state index contributed by atoms with van der Waals surface area (Å²) in [6.45, 7) is 35.5. The van der Waals surface area contributed by atoms with E-state index in [2.05, 4.69) is 99.0 Å². The third-order valence-corrected chi connectivity index (χ3v) is 12.4. The van der Waals surface area contributed by atoms with Crippen molar-refractivity contribution in [1.82, 2.24) is 10.2 Å². The number of allylic oxidation sites excluding steroid dienone is 1. The van der Waals surface area contributed by atoms with Gasteiger partial charge in [0.2, 0.25) is 0 Å². The topological polar surface area (TPSA) is 15.3 Å². The second-order valence-electron chi connectivity index (χ2n) is 14.9. The van der Waals surface area contributed by atoms with Crippen molar-refractivity contribution >= 4 is 0 Å². The van der Waals surface area contributed by atoms with Crippen LogP contribution in [0.25, 0.3) is 0 Å². The first-order valence-electron chi connectivity index (χ1n) is 15.4. The maximum atomic E-state index is 4.30. The van der Waals surface area contributed by atoms with Crippen molar-refractivity contribution in [3.63, 3.8) is 0 Å². The van der Waals surface area contributed by atoms with Gasteiger partial charge in [0.1, 0.15) is 0 Å². The van der Waals surface area contributed by atoms with Gasteiger partial charge >= 0.3 is 0 Å². The smallest absolute Gasteiger partial charge is 0.0156 e. The second-order valence-corrected chi connectivity index (χ2v) is 14.9. The Morgan fingerprint density at radius 1 is 1.09 bits per heavy atom. The maximum Gasteiger partial charge on any atom is 0.0156 e. The lowest BCUT2D eigenvalue weighted by atomic mass is 9.35. The van der Waals surface area contributed by atoms with Crippen molar-refractivity contribution in [1.29, 1.82) is 0 Å². The Hall–Kier alpha value is -0.340. The fraction of sp³-hybridized carbons (Fsp3) is 0.939. The molecule has 11 unspecified atom stereocenters. The van der Waals surface area contributed by atoms with E-state index >= 15 is 0 Å².